The van der Waals surface area contributed by atoms with Gasteiger partial charge in [0.25, 0.3) is 5.91 Å². The molecule has 1 aliphatic carbocycles. The lowest BCUT2D eigenvalue weighted by atomic mass is 9.95. The van der Waals surface area contributed by atoms with Crippen LogP contribution < -0.4 is 10.6 Å². The van der Waals surface area contributed by atoms with E-state index < -0.39 is 0 Å². The van der Waals surface area contributed by atoms with Gasteiger partial charge >= 0.3 is 0 Å². The zero-order chi connectivity index (χ0) is 17.9. The molecule has 5 nitrogen and oxygen atoms in total. The van der Waals surface area contributed by atoms with Crippen LogP contribution in [0, 0.1) is 12.8 Å². The third-order valence-electron chi connectivity index (χ3n) is 5.67. The SMILES string of the molecule is Cc1ccc(-n2nc(C(=O)NCCC3CCNC3)c3c2CCCC3)cc1.Cl. The molecule has 1 aromatic heterocycles. The second kappa shape index (κ2) is 8.89. The van der Waals surface area contributed by atoms with Crippen molar-refractivity contribution < 1.29 is 4.79 Å². The molecule has 1 unspecified atom stereocenters. The highest BCUT2D eigenvalue weighted by Gasteiger charge is 2.25. The zero-order valence-electron chi connectivity index (χ0n) is 16.0. The lowest BCUT2D eigenvalue weighted by Gasteiger charge is -2.14. The minimum atomic E-state index is -0.0139. The molecule has 1 aliphatic heterocycles. The van der Waals surface area contributed by atoms with Crippen LogP contribution in [0.25, 0.3) is 5.69 Å². The van der Waals surface area contributed by atoms with Crippen LogP contribution in [-0.2, 0) is 12.8 Å². The third kappa shape index (κ3) is 4.36. The first-order valence-corrected chi connectivity index (χ1v) is 9.89. The van der Waals surface area contributed by atoms with E-state index in [1.807, 2.05) is 4.68 Å². The summed E-state index contributed by atoms with van der Waals surface area (Å²) in [5.74, 6) is 0.675. The van der Waals surface area contributed by atoms with Gasteiger partial charge in [-0.05, 0) is 76.6 Å². The van der Waals surface area contributed by atoms with E-state index in [1.165, 1.54) is 24.1 Å². The molecule has 0 bridgehead atoms. The summed E-state index contributed by atoms with van der Waals surface area (Å²) in [7, 11) is 0. The molecule has 27 heavy (non-hydrogen) atoms. The summed E-state index contributed by atoms with van der Waals surface area (Å²) >= 11 is 0. The van der Waals surface area contributed by atoms with Gasteiger partial charge in [-0.1, -0.05) is 17.7 Å². The number of hydrogen-bond donors (Lipinski definition) is 2. The Labute approximate surface area is 167 Å². The molecule has 1 fully saturated rings. The van der Waals surface area contributed by atoms with Gasteiger partial charge in [-0.3, -0.25) is 4.79 Å². The first-order chi connectivity index (χ1) is 12.7. The fourth-order valence-electron chi connectivity index (χ4n) is 4.12. The molecule has 1 amide bonds. The van der Waals surface area contributed by atoms with Gasteiger partial charge in [0.1, 0.15) is 0 Å². The Morgan fingerprint density at radius 3 is 2.78 bits per heavy atom. The van der Waals surface area contributed by atoms with E-state index in [-0.39, 0.29) is 18.3 Å². The maximum Gasteiger partial charge on any atom is 0.272 e. The number of fused-ring (bicyclic) bond motifs is 1. The third-order valence-corrected chi connectivity index (χ3v) is 5.67. The van der Waals surface area contributed by atoms with Crippen molar-refractivity contribution >= 4 is 18.3 Å². The monoisotopic (exact) mass is 388 g/mol. The summed E-state index contributed by atoms with van der Waals surface area (Å²) in [6.07, 6.45) is 6.52. The van der Waals surface area contributed by atoms with Gasteiger partial charge < -0.3 is 10.6 Å². The highest BCUT2D eigenvalue weighted by atomic mass is 35.5. The Kier molecular flexibility index (Phi) is 6.55. The number of benzene rings is 1. The largest absolute Gasteiger partial charge is 0.351 e. The van der Waals surface area contributed by atoms with Crippen LogP contribution in [0.5, 0.6) is 0 Å². The lowest BCUT2D eigenvalue weighted by molar-refractivity contribution is 0.0945. The van der Waals surface area contributed by atoms with Crippen LogP contribution in [-0.4, -0.2) is 35.3 Å². The number of aromatic nitrogens is 2. The average molecular weight is 389 g/mol. The molecule has 146 valence electrons. The predicted molar refractivity (Wildman–Crippen MR) is 110 cm³/mol. The summed E-state index contributed by atoms with van der Waals surface area (Å²) in [4.78, 5) is 12.8. The normalized spacial score (nSPS) is 18.6. The van der Waals surface area contributed by atoms with Crippen molar-refractivity contribution in [1.29, 1.82) is 0 Å². The molecular weight excluding hydrogens is 360 g/mol. The van der Waals surface area contributed by atoms with Gasteiger partial charge in [-0.25, -0.2) is 4.68 Å². The summed E-state index contributed by atoms with van der Waals surface area (Å²) < 4.78 is 1.99. The molecule has 2 aliphatic rings. The standard InChI is InChI=1S/C21H28N4O.ClH/c1-15-6-8-17(9-7-15)25-19-5-3-2-4-18(19)20(24-25)21(26)23-13-11-16-10-12-22-14-16;/h6-9,16,22H,2-5,10-14H2,1H3,(H,23,26);1H. The minimum Gasteiger partial charge on any atom is -0.351 e. The van der Waals surface area contributed by atoms with Gasteiger partial charge in [0.05, 0.1) is 5.69 Å². The van der Waals surface area contributed by atoms with Crippen LogP contribution in [0.15, 0.2) is 24.3 Å². The van der Waals surface area contributed by atoms with Gasteiger partial charge in [0, 0.05) is 17.8 Å². The van der Waals surface area contributed by atoms with Gasteiger partial charge in [0.2, 0.25) is 0 Å². The number of rotatable bonds is 5. The van der Waals surface area contributed by atoms with Gasteiger partial charge in [0.15, 0.2) is 5.69 Å². The van der Waals surface area contributed by atoms with Crippen molar-refractivity contribution in [3.8, 4) is 5.69 Å². The second-order valence-corrected chi connectivity index (χ2v) is 7.63. The van der Waals surface area contributed by atoms with Crippen molar-refractivity contribution in [2.45, 2.75) is 45.4 Å². The van der Waals surface area contributed by atoms with E-state index in [0.29, 0.717) is 11.6 Å². The molecule has 0 spiro atoms. The van der Waals surface area contributed by atoms with Crippen molar-refractivity contribution in [3.05, 3.63) is 46.8 Å². The Balaban J connectivity index is 0.00000210. The number of hydrogen-bond acceptors (Lipinski definition) is 3. The highest BCUT2D eigenvalue weighted by Crippen LogP contribution is 2.27. The number of nitrogens with one attached hydrogen (secondary N) is 2. The van der Waals surface area contributed by atoms with Crippen molar-refractivity contribution in [2.24, 2.45) is 5.92 Å². The Morgan fingerprint density at radius 2 is 2.04 bits per heavy atom. The Bertz CT molecular complexity index is 778. The lowest BCUT2D eigenvalue weighted by Crippen LogP contribution is -2.27. The quantitative estimate of drug-likeness (QED) is 0.826. The first-order valence-electron chi connectivity index (χ1n) is 9.89. The number of carbonyl (C=O) groups excluding carboxylic acids is 1. The number of halogens is 1. The molecular formula is C21H29ClN4O. The molecule has 1 saturated heterocycles. The zero-order valence-corrected chi connectivity index (χ0v) is 16.8. The number of nitrogens with zero attached hydrogens (tertiary/aromatic N) is 2. The van der Waals surface area contributed by atoms with Crippen LogP contribution in [0.4, 0.5) is 0 Å². The summed E-state index contributed by atoms with van der Waals surface area (Å²) in [5.41, 5.74) is 5.27. The Hall–Kier alpha value is -1.85. The fourth-order valence-corrected chi connectivity index (χ4v) is 4.12. The van der Waals surface area contributed by atoms with E-state index in [9.17, 15) is 4.79 Å². The van der Waals surface area contributed by atoms with Crippen molar-refractivity contribution in [2.75, 3.05) is 19.6 Å². The van der Waals surface area contributed by atoms with Gasteiger partial charge in [-0.15, -0.1) is 12.4 Å². The fraction of sp³-hybridized carbons (Fsp3) is 0.524. The molecule has 2 aromatic rings. The first kappa shape index (κ1) is 19.9. The van der Waals surface area contributed by atoms with E-state index in [1.54, 1.807) is 0 Å². The van der Waals surface area contributed by atoms with Crippen molar-refractivity contribution in [1.82, 2.24) is 20.4 Å². The van der Waals surface area contributed by atoms with Crippen LogP contribution in [0.2, 0.25) is 0 Å². The molecule has 2 heterocycles. The molecule has 0 radical (unpaired) electrons. The van der Waals surface area contributed by atoms with E-state index in [4.69, 9.17) is 5.10 Å². The maximum absolute atomic E-state index is 12.8. The highest BCUT2D eigenvalue weighted by molar-refractivity contribution is 5.94. The molecule has 4 rings (SSSR count). The maximum atomic E-state index is 12.8. The Morgan fingerprint density at radius 1 is 1.26 bits per heavy atom. The second-order valence-electron chi connectivity index (χ2n) is 7.63. The molecule has 6 heteroatoms. The topological polar surface area (TPSA) is 59.0 Å². The smallest absolute Gasteiger partial charge is 0.272 e. The number of aryl methyl sites for hydroxylation is 1. The van der Waals surface area contributed by atoms with Crippen molar-refractivity contribution in [3.63, 3.8) is 0 Å². The molecule has 0 saturated carbocycles. The molecule has 2 N–H and O–H groups in total. The molecule has 1 aromatic carbocycles. The van der Waals surface area contributed by atoms with E-state index in [0.717, 1.165) is 56.6 Å². The average Bonchev–Trinajstić information content (AvgIpc) is 3.30. The summed E-state index contributed by atoms with van der Waals surface area (Å²) in [6.45, 7) is 5.00. The van der Waals surface area contributed by atoms with Gasteiger partial charge in [-0.2, -0.15) is 5.10 Å². The number of amides is 1. The van der Waals surface area contributed by atoms with E-state index in [2.05, 4.69) is 41.8 Å². The predicted octanol–water partition coefficient (Wildman–Crippen LogP) is 3.21. The molecule has 1 atom stereocenters. The minimum absolute atomic E-state index is 0. The van der Waals surface area contributed by atoms with Crippen LogP contribution in [0.1, 0.15) is 53.0 Å². The van der Waals surface area contributed by atoms with Crippen LogP contribution >= 0.6 is 12.4 Å². The van der Waals surface area contributed by atoms with E-state index >= 15 is 0 Å². The number of carbonyl (C=O) groups is 1. The summed E-state index contributed by atoms with van der Waals surface area (Å²) in [6, 6.07) is 8.38. The summed E-state index contributed by atoms with van der Waals surface area (Å²) in [5, 5.41) is 11.2. The van der Waals surface area contributed by atoms with Crippen LogP contribution in [0.3, 0.4) is 0 Å².